The third kappa shape index (κ3) is 4.07. The Morgan fingerprint density at radius 3 is 2.70 bits per heavy atom. The van der Waals surface area contributed by atoms with E-state index in [1.54, 1.807) is 13.1 Å². The smallest absolute Gasteiger partial charge is 0.359 e. The van der Waals surface area contributed by atoms with E-state index in [0.29, 0.717) is 10.8 Å². The summed E-state index contributed by atoms with van der Waals surface area (Å²) < 4.78 is 5.61. The van der Waals surface area contributed by atoms with Crippen LogP contribution in [0.1, 0.15) is 16.2 Å². The summed E-state index contributed by atoms with van der Waals surface area (Å²) in [6, 6.07) is 0. The molecule has 0 bridgehead atoms. The summed E-state index contributed by atoms with van der Waals surface area (Å²) >= 11 is 4.48. The number of nitrogens with one attached hydrogen (secondary N) is 1. The van der Waals surface area contributed by atoms with Gasteiger partial charge in [0, 0.05) is 6.20 Å². The summed E-state index contributed by atoms with van der Waals surface area (Å²) in [4.78, 5) is 34.8. The number of thiazole rings is 1. The minimum Gasteiger partial charge on any atom is -0.451 e. The maximum atomic E-state index is 11.6. The van der Waals surface area contributed by atoms with Crippen molar-refractivity contribution in [3.63, 3.8) is 0 Å². The maximum Gasteiger partial charge on any atom is 0.359 e. The van der Waals surface area contributed by atoms with E-state index in [4.69, 9.17) is 4.74 Å². The molecular formula is C11H9BrN4O3S. The zero-order valence-corrected chi connectivity index (χ0v) is 12.7. The molecule has 0 aliphatic rings. The standard InChI is InChI=1S/C11H9BrN4O3S/c1-6-2-14-7(3-13-6)10(18)19-5-9(17)16-11-15-4-8(12)20-11/h2-4H,5H2,1H3,(H,15,16,17). The molecule has 0 radical (unpaired) electrons. The van der Waals surface area contributed by atoms with Crippen LogP contribution in [-0.2, 0) is 9.53 Å². The third-order valence-corrected chi connectivity index (χ3v) is 3.44. The normalized spacial score (nSPS) is 10.1. The minimum atomic E-state index is -0.701. The van der Waals surface area contributed by atoms with E-state index in [1.165, 1.54) is 23.7 Å². The van der Waals surface area contributed by atoms with Gasteiger partial charge in [0.1, 0.15) is 0 Å². The molecule has 0 atom stereocenters. The van der Waals surface area contributed by atoms with Gasteiger partial charge in [-0.3, -0.25) is 15.1 Å². The number of aryl methyl sites for hydroxylation is 1. The summed E-state index contributed by atoms with van der Waals surface area (Å²) in [7, 11) is 0. The lowest BCUT2D eigenvalue weighted by atomic mass is 10.4. The predicted molar refractivity (Wildman–Crippen MR) is 75.5 cm³/mol. The first-order valence-electron chi connectivity index (χ1n) is 5.41. The molecule has 0 aliphatic heterocycles. The van der Waals surface area contributed by atoms with Crippen molar-refractivity contribution in [2.75, 3.05) is 11.9 Å². The van der Waals surface area contributed by atoms with Gasteiger partial charge < -0.3 is 4.74 Å². The summed E-state index contributed by atoms with van der Waals surface area (Å²) in [5.41, 5.74) is 0.744. The van der Waals surface area contributed by atoms with Crippen molar-refractivity contribution in [2.45, 2.75) is 6.92 Å². The minimum absolute atomic E-state index is 0.0559. The largest absolute Gasteiger partial charge is 0.451 e. The molecule has 1 N–H and O–H groups in total. The lowest BCUT2D eigenvalue weighted by Gasteiger charge is -2.03. The first-order valence-corrected chi connectivity index (χ1v) is 7.02. The number of hydrogen-bond acceptors (Lipinski definition) is 7. The van der Waals surface area contributed by atoms with E-state index in [9.17, 15) is 9.59 Å². The summed E-state index contributed by atoms with van der Waals surface area (Å²) in [6.45, 7) is 1.34. The van der Waals surface area contributed by atoms with Crippen molar-refractivity contribution in [3.8, 4) is 0 Å². The molecule has 2 heterocycles. The van der Waals surface area contributed by atoms with Gasteiger partial charge in [-0.05, 0) is 22.9 Å². The molecule has 0 aromatic carbocycles. The Balaban J connectivity index is 1.84. The Hall–Kier alpha value is -1.87. The monoisotopic (exact) mass is 356 g/mol. The van der Waals surface area contributed by atoms with Gasteiger partial charge in [0.15, 0.2) is 17.4 Å². The molecule has 20 heavy (non-hydrogen) atoms. The van der Waals surface area contributed by atoms with Crippen LogP contribution in [0.3, 0.4) is 0 Å². The molecule has 1 amide bonds. The second kappa shape index (κ2) is 6.53. The average molecular weight is 357 g/mol. The third-order valence-electron chi connectivity index (χ3n) is 2.05. The highest BCUT2D eigenvalue weighted by atomic mass is 79.9. The fourth-order valence-electron chi connectivity index (χ4n) is 1.17. The lowest BCUT2D eigenvalue weighted by Crippen LogP contribution is -2.21. The molecule has 0 fully saturated rings. The summed E-state index contributed by atoms with van der Waals surface area (Å²) in [5.74, 6) is -1.17. The van der Waals surface area contributed by atoms with E-state index in [-0.39, 0.29) is 5.69 Å². The first kappa shape index (κ1) is 14.5. The van der Waals surface area contributed by atoms with Crippen LogP contribution in [0.4, 0.5) is 5.13 Å². The second-order valence-corrected chi connectivity index (χ2v) is 6.05. The Kier molecular flexibility index (Phi) is 4.74. The van der Waals surface area contributed by atoms with Crippen LogP contribution >= 0.6 is 27.3 Å². The van der Waals surface area contributed by atoms with Crippen molar-refractivity contribution < 1.29 is 14.3 Å². The number of carbonyl (C=O) groups excluding carboxylic acids is 2. The summed E-state index contributed by atoms with van der Waals surface area (Å²) in [5, 5.41) is 2.93. The highest BCUT2D eigenvalue weighted by Crippen LogP contribution is 2.22. The number of amides is 1. The zero-order chi connectivity index (χ0) is 14.5. The number of rotatable bonds is 4. The number of aromatic nitrogens is 3. The Morgan fingerprint density at radius 2 is 2.10 bits per heavy atom. The SMILES string of the molecule is Cc1cnc(C(=O)OCC(=O)Nc2ncc(Br)s2)cn1. The van der Waals surface area contributed by atoms with E-state index in [1.807, 2.05) is 0 Å². The lowest BCUT2D eigenvalue weighted by molar-refractivity contribution is -0.119. The van der Waals surface area contributed by atoms with Crippen molar-refractivity contribution in [1.82, 2.24) is 15.0 Å². The van der Waals surface area contributed by atoms with Gasteiger partial charge in [-0.1, -0.05) is 11.3 Å². The number of nitrogens with zero attached hydrogens (tertiary/aromatic N) is 3. The van der Waals surface area contributed by atoms with Crippen LogP contribution in [0.2, 0.25) is 0 Å². The molecule has 2 aromatic rings. The van der Waals surface area contributed by atoms with Gasteiger partial charge in [-0.25, -0.2) is 14.8 Å². The molecule has 7 nitrogen and oxygen atoms in total. The van der Waals surface area contributed by atoms with Gasteiger partial charge in [-0.15, -0.1) is 0 Å². The number of esters is 1. The number of hydrogen-bond donors (Lipinski definition) is 1. The molecule has 9 heteroatoms. The molecule has 0 aliphatic carbocycles. The van der Waals surface area contributed by atoms with Crippen LogP contribution in [0.15, 0.2) is 22.4 Å². The fourth-order valence-corrected chi connectivity index (χ4v) is 2.29. The van der Waals surface area contributed by atoms with Crippen molar-refractivity contribution in [3.05, 3.63) is 33.8 Å². The highest BCUT2D eigenvalue weighted by Gasteiger charge is 2.12. The van der Waals surface area contributed by atoms with E-state index < -0.39 is 18.5 Å². The second-order valence-electron chi connectivity index (χ2n) is 3.64. The highest BCUT2D eigenvalue weighted by molar-refractivity contribution is 9.11. The average Bonchev–Trinajstić information content (AvgIpc) is 2.82. The predicted octanol–water partition coefficient (Wildman–Crippen LogP) is 1.80. The van der Waals surface area contributed by atoms with Crippen LogP contribution in [0.25, 0.3) is 0 Å². The van der Waals surface area contributed by atoms with E-state index in [0.717, 1.165) is 3.79 Å². The van der Waals surface area contributed by atoms with Crippen molar-refractivity contribution >= 4 is 44.3 Å². The summed E-state index contributed by atoms with van der Waals surface area (Å²) in [6.07, 6.45) is 4.31. The van der Waals surface area contributed by atoms with Crippen LogP contribution < -0.4 is 5.32 Å². The quantitative estimate of drug-likeness (QED) is 0.839. The van der Waals surface area contributed by atoms with E-state index in [2.05, 4.69) is 36.2 Å². The Bertz CT molecular complexity index is 629. The molecule has 0 saturated heterocycles. The van der Waals surface area contributed by atoms with Gasteiger partial charge in [-0.2, -0.15) is 0 Å². The molecule has 2 aromatic heterocycles. The van der Waals surface area contributed by atoms with Crippen molar-refractivity contribution in [2.24, 2.45) is 0 Å². The topological polar surface area (TPSA) is 94.1 Å². The number of ether oxygens (including phenoxy) is 1. The number of anilines is 1. The molecule has 2 rings (SSSR count). The number of carbonyl (C=O) groups is 2. The van der Waals surface area contributed by atoms with Gasteiger partial charge in [0.2, 0.25) is 0 Å². The molecule has 0 unspecified atom stereocenters. The molecule has 0 spiro atoms. The van der Waals surface area contributed by atoms with Crippen LogP contribution in [0.5, 0.6) is 0 Å². The Labute approximate surface area is 126 Å². The zero-order valence-electron chi connectivity index (χ0n) is 10.3. The Morgan fingerprint density at radius 1 is 1.30 bits per heavy atom. The number of halogens is 1. The van der Waals surface area contributed by atoms with Gasteiger partial charge in [0.25, 0.3) is 5.91 Å². The molecular weight excluding hydrogens is 348 g/mol. The van der Waals surface area contributed by atoms with Gasteiger partial charge in [0.05, 0.1) is 21.9 Å². The van der Waals surface area contributed by atoms with Crippen LogP contribution in [0, 0.1) is 6.92 Å². The van der Waals surface area contributed by atoms with E-state index >= 15 is 0 Å². The van der Waals surface area contributed by atoms with Crippen LogP contribution in [-0.4, -0.2) is 33.4 Å². The van der Waals surface area contributed by atoms with Gasteiger partial charge >= 0.3 is 5.97 Å². The van der Waals surface area contributed by atoms with Crippen molar-refractivity contribution in [1.29, 1.82) is 0 Å². The maximum absolute atomic E-state index is 11.6. The fraction of sp³-hybridized carbons (Fsp3) is 0.182. The first-order chi connectivity index (χ1) is 9.54. The molecule has 0 saturated carbocycles. The molecule has 104 valence electrons.